The number of hydrogen-bond acceptors (Lipinski definition) is 2. The Balaban J connectivity index is 2.24. The summed E-state index contributed by atoms with van der Waals surface area (Å²) in [6.07, 6.45) is 4.14. The molecule has 3 heteroatoms. The van der Waals surface area contributed by atoms with Crippen LogP contribution in [-0.4, -0.2) is 9.55 Å². The van der Waals surface area contributed by atoms with Crippen molar-refractivity contribution in [1.82, 2.24) is 9.55 Å². The van der Waals surface area contributed by atoms with Crippen molar-refractivity contribution < 1.29 is 0 Å². The molecule has 0 fully saturated rings. The summed E-state index contributed by atoms with van der Waals surface area (Å²) in [5, 5.41) is 0. The number of aryl methyl sites for hydroxylation is 1. The van der Waals surface area contributed by atoms with Crippen LogP contribution in [0.5, 0.6) is 0 Å². The minimum Gasteiger partial charge on any atom is -0.383 e. The van der Waals surface area contributed by atoms with Gasteiger partial charge in [-0.25, -0.2) is 4.98 Å². The van der Waals surface area contributed by atoms with Gasteiger partial charge in [-0.05, 0) is 17.9 Å². The summed E-state index contributed by atoms with van der Waals surface area (Å²) in [6, 6.07) is 8.53. The van der Waals surface area contributed by atoms with Gasteiger partial charge in [0.2, 0.25) is 0 Å². The van der Waals surface area contributed by atoms with Crippen LogP contribution in [0.25, 0.3) is 11.3 Å². The fourth-order valence-corrected chi connectivity index (χ4v) is 2.15. The third-order valence-electron chi connectivity index (χ3n) is 3.48. The summed E-state index contributed by atoms with van der Waals surface area (Å²) in [7, 11) is 0. The lowest BCUT2D eigenvalue weighted by molar-refractivity contribution is 0.637. The highest BCUT2D eigenvalue weighted by molar-refractivity contribution is 5.70. The van der Waals surface area contributed by atoms with Crippen molar-refractivity contribution in [3.63, 3.8) is 0 Å². The van der Waals surface area contributed by atoms with Crippen LogP contribution in [-0.2, 0) is 6.54 Å². The van der Waals surface area contributed by atoms with Gasteiger partial charge in [0.1, 0.15) is 11.5 Å². The average molecular weight is 257 g/mol. The quantitative estimate of drug-likeness (QED) is 0.878. The van der Waals surface area contributed by atoms with Crippen molar-refractivity contribution in [3.05, 3.63) is 36.2 Å². The molecule has 0 spiro atoms. The Labute approximate surface area is 115 Å². The first-order valence-electron chi connectivity index (χ1n) is 7.04. The van der Waals surface area contributed by atoms with Crippen molar-refractivity contribution in [2.75, 3.05) is 5.73 Å². The van der Waals surface area contributed by atoms with E-state index in [4.69, 9.17) is 5.73 Å². The predicted octanol–water partition coefficient (Wildman–Crippen LogP) is 4.06. The van der Waals surface area contributed by atoms with Crippen LogP contribution in [0.3, 0.4) is 0 Å². The van der Waals surface area contributed by atoms with Gasteiger partial charge in [-0.3, -0.25) is 0 Å². The van der Waals surface area contributed by atoms with E-state index in [2.05, 4.69) is 50.0 Å². The largest absolute Gasteiger partial charge is 0.383 e. The van der Waals surface area contributed by atoms with Crippen LogP contribution >= 0.6 is 0 Å². The van der Waals surface area contributed by atoms with E-state index in [-0.39, 0.29) is 0 Å². The Morgan fingerprint density at radius 3 is 2.47 bits per heavy atom. The Morgan fingerprint density at radius 1 is 1.21 bits per heavy atom. The zero-order valence-electron chi connectivity index (χ0n) is 12.1. The number of benzene rings is 1. The van der Waals surface area contributed by atoms with Crippen molar-refractivity contribution in [2.45, 2.75) is 46.1 Å². The highest BCUT2D eigenvalue weighted by Crippen LogP contribution is 2.26. The molecule has 0 aliphatic rings. The third kappa shape index (κ3) is 2.98. The second-order valence-corrected chi connectivity index (χ2v) is 5.30. The maximum absolute atomic E-state index is 6.17. The number of anilines is 1. The molecular weight excluding hydrogens is 234 g/mol. The van der Waals surface area contributed by atoms with Crippen molar-refractivity contribution in [2.24, 2.45) is 0 Å². The van der Waals surface area contributed by atoms with Crippen molar-refractivity contribution in [1.29, 1.82) is 0 Å². The van der Waals surface area contributed by atoms with Gasteiger partial charge in [-0.1, -0.05) is 51.5 Å². The topological polar surface area (TPSA) is 43.8 Å². The Kier molecular flexibility index (Phi) is 4.25. The molecular formula is C16H23N3. The SMILES string of the molecule is CCCCn1cnc(-c2ccc(C(C)C)cc2)c1N. The van der Waals surface area contributed by atoms with Crippen LogP contribution in [0, 0.1) is 0 Å². The summed E-state index contributed by atoms with van der Waals surface area (Å²) in [5.74, 6) is 1.32. The van der Waals surface area contributed by atoms with Crippen LogP contribution in [0.2, 0.25) is 0 Å². The molecule has 1 aromatic heterocycles. The number of imidazole rings is 1. The molecule has 0 atom stereocenters. The third-order valence-corrected chi connectivity index (χ3v) is 3.48. The first kappa shape index (κ1) is 13.7. The van der Waals surface area contributed by atoms with E-state index < -0.39 is 0 Å². The number of hydrogen-bond donors (Lipinski definition) is 1. The highest BCUT2D eigenvalue weighted by Gasteiger charge is 2.09. The van der Waals surface area contributed by atoms with E-state index in [1.54, 1.807) is 0 Å². The van der Waals surface area contributed by atoms with E-state index in [0.29, 0.717) is 5.92 Å². The van der Waals surface area contributed by atoms with Gasteiger partial charge in [0.15, 0.2) is 0 Å². The average Bonchev–Trinajstić information content (AvgIpc) is 2.78. The zero-order valence-corrected chi connectivity index (χ0v) is 12.1. The molecule has 0 amide bonds. The summed E-state index contributed by atoms with van der Waals surface area (Å²) in [6.45, 7) is 7.52. The molecule has 0 radical (unpaired) electrons. The van der Waals surface area contributed by atoms with E-state index in [1.807, 2.05) is 10.9 Å². The number of nitrogens with two attached hydrogens (primary N) is 1. The zero-order chi connectivity index (χ0) is 13.8. The Morgan fingerprint density at radius 2 is 1.89 bits per heavy atom. The molecule has 2 N–H and O–H groups in total. The lowest BCUT2D eigenvalue weighted by atomic mass is 10.0. The van der Waals surface area contributed by atoms with Crippen LogP contribution in [0.15, 0.2) is 30.6 Å². The van der Waals surface area contributed by atoms with Gasteiger partial charge in [0.05, 0.1) is 6.33 Å². The van der Waals surface area contributed by atoms with E-state index in [1.165, 1.54) is 5.56 Å². The summed E-state index contributed by atoms with van der Waals surface area (Å²) < 4.78 is 2.04. The lowest BCUT2D eigenvalue weighted by Gasteiger charge is -2.07. The number of rotatable bonds is 5. The molecule has 1 heterocycles. The van der Waals surface area contributed by atoms with Crippen LogP contribution in [0.4, 0.5) is 5.82 Å². The second-order valence-electron chi connectivity index (χ2n) is 5.30. The van der Waals surface area contributed by atoms with E-state index >= 15 is 0 Å². The van der Waals surface area contributed by atoms with Gasteiger partial charge in [0, 0.05) is 12.1 Å². The monoisotopic (exact) mass is 257 g/mol. The maximum Gasteiger partial charge on any atom is 0.131 e. The van der Waals surface area contributed by atoms with Gasteiger partial charge < -0.3 is 10.3 Å². The fraction of sp³-hybridized carbons (Fsp3) is 0.438. The first-order valence-corrected chi connectivity index (χ1v) is 7.04. The second kappa shape index (κ2) is 5.91. The molecule has 0 saturated carbocycles. The minimum atomic E-state index is 0.550. The molecule has 0 aliphatic carbocycles. The van der Waals surface area contributed by atoms with Gasteiger partial charge in [-0.2, -0.15) is 0 Å². The van der Waals surface area contributed by atoms with Gasteiger partial charge in [0.25, 0.3) is 0 Å². The smallest absolute Gasteiger partial charge is 0.131 e. The maximum atomic E-state index is 6.17. The molecule has 19 heavy (non-hydrogen) atoms. The molecule has 2 aromatic rings. The Bertz CT molecular complexity index is 523. The number of unbranched alkanes of at least 4 members (excludes halogenated alkanes) is 1. The number of nitrogen functional groups attached to an aromatic ring is 1. The molecule has 0 bridgehead atoms. The van der Waals surface area contributed by atoms with Crippen LogP contribution < -0.4 is 5.73 Å². The minimum absolute atomic E-state index is 0.550. The number of aromatic nitrogens is 2. The summed E-state index contributed by atoms with van der Waals surface area (Å²) in [4.78, 5) is 4.45. The highest BCUT2D eigenvalue weighted by atomic mass is 15.1. The molecule has 0 saturated heterocycles. The van der Waals surface area contributed by atoms with Gasteiger partial charge in [-0.15, -0.1) is 0 Å². The Hall–Kier alpha value is -1.77. The van der Waals surface area contributed by atoms with E-state index in [0.717, 1.165) is 36.5 Å². The molecule has 1 aromatic carbocycles. The summed E-state index contributed by atoms with van der Waals surface area (Å²) in [5.41, 5.74) is 9.50. The van der Waals surface area contributed by atoms with Gasteiger partial charge >= 0.3 is 0 Å². The molecule has 3 nitrogen and oxygen atoms in total. The van der Waals surface area contributed by atoms with Crippen molar-refractivity contribution in [3.8, 4) is 11.3 Å². The predicted molar refractivity (Wildman–Crippen MR) is 81.1 cm³/mol. The normalized spacial score (nSPS) is 11.2. The lowest BCUT2D eigenvalue weighted by Crippen LogP contribution is -2.02. The molecule has 0 aliphatic heterocycles. The first-order chi connectivity index (χ1) is 9.13. The molecule has 0 unspecified atom stereocenters. The molecule has 2 rings (SSSR count). The number of nitrogens with zero attached hydrogens (tertiary/aromatic N) is 2. The van der Waals surface area contributed by atoms with E-state index in [9.17, 15) is 0 Å². The van der Waals surface area contributed by atoms with Crippen molar-refractivity contribution >= 4 is 5.82 Å². The molecule has 102 valence electrons. The fourth-order valence-electron chi connectivity index (χ4n) is 2.15. The van der Waals surface area contributed by atoms with Crippen LogP contribution in [0.1, 0.15) is 45.1 Å². The summed E-state index contributed by atoms with van der Waals surface area (Å²) >= 11 is 0. The standard InChI is InChI=1S/C16H23N3/c1-4-5-10-19-11-18-15(16(19)17)14-8-6-13(7-9-14)12(2)3/h6-9,11-12H,4-5,10,17H2,1-3H3.